The Bertz CT molecular complexity index is 107. The first-order valence-corrected chi connectivity index (χ1v) is 2.86. The monoisotopic (exact) mass is 137 g/mol. The molecule has 2 nitrogen and oxygen atoms in total. The van der Waals surface area contributed by atoms with Crippen molar-refractivity contribution in [2.45, 2.75) is 19.1 Å². The fourth-order valence-corrected chi connectivity index (χ4v) is 0.799. The molecule has 0 aromatic rings. The molecule has 1 unspecified atom stereocenters. The standard InChI is InChI=1S/C5H9F2NO/c1-4-2-8-3-5(6,7)9-4/h4,8H,2-3H2,1H3. The highest BCUT2D eigenvalue weighted by Crippen LogP contribution is 2.18. The van der Waals surface area contributed by atoms with Crippen LogP contribution in [0.15, 0.2) is 0 Å². The zero-order valence-electron chi connectivity index (χ0n) is 5.16. The summed E-state index contributed by atoms with van der Waals surface area (Å²) in [5.74, 6) is 0. The van der Waals surface area contributed by atoms with E-state index in [1.165, 1.54) is 0 Å². The first-order valence-electron chi connectivity index (χ1n) is 2.86. The predicted octanol–water partition coefficient (Wildman–Crippen LogP) is 0.587. The van der Waals surface area contributed by atoms with Crippen LogP contribution in [0.4, 0.5) is 8.78 Å². The molecule has 0 aliphatic carbocycles. The number of nitrogens with one attached hydrogen (secondary N) is 1. The van der Waals surface area contributed by atoms with Gasteiger partial charge in [-0.25, -0.2) is 0 Å². The molecule has 1 aliphatic heterocycles. The van der Waals surface area contributed by atoms with Crippen molar-refractivity contribution in [3.05, 3.63) is 0 Å². The van der Waals surface area contributed by atoms with Gasteiger partial charge < -0.3 is 10.1 Å². The maximum atomic E-state index is 12.2. The molecule has 1 saturated heterocycles. The van der Waals surface area contributed by atoms with Gasteiger partial charge in [0.25, 0.3) is 0 Å². The third kappa shape index (κ3) is 1.87. The highest BCUT2D eigenvalue weighted by Gasteiger charge is 2.35. The van der Waals surface area contributed by atoms with E-state index in [0.717, 1.165) is 0 Å². The first kappa shape index (κ1) is 6.89. The van der Waals surface area contributed by atoms with Crippen LogP contribution >= 0.6 is 0 Å². The second-order valence-corrected chi connectivity index (χ2v) is 2.20. The second-order valence-electron chi connectivity index (χ2n) is 2.20. The highest BCUT2D eigenvalue weighted by atomic mass is 19.3. The van der Waals surface area contributed by atoms with E-state index in [2.05, 4.69) is 10.1 Å². The number of rotatable bonds is 0. The topological polar surface area (TPSA) is 21.3 Å². The SMILES string of the molecule is CC1CNCC(F)(F)O1. The maximum Gasteiger partial charge on any atom is 0.368 e. The van der Waals surface area contributed by atoms with E-state index in [1.807, 2.05) is 0 Å². The van der Waals surface area contributed by atoms with E-state index in [0.29, 0.717) is 6.54 Å². The Morgan fingerprint density at radius 2 is 2.33 bits per heavy atom. The van der Waals surface area contributed by atoms with Gasteiger partial charge in [-0.05, 0) is 6.92 Å². The van der Waals surface area contributed by atoms with Crippen LogP contribution in [0.5, 0.6) is 0 Å². The minimum Gasteiger partial charge on any atom is -0.315 e. The maximum absolute atomic E-state index is 12.2. The lowest BCUT2D eigenvalue weighted by Gasteiger charge is -2.27. The van der Waals surface area contributed by atoms with E-state index in [9.17, 15) is 8.78 Å². The molecule has 1 heterocycles. The molecule has 0 amide bonds. The molecule has 0 radical (unpaired) electrons. The molecule has 1 N–H and O–H groups in total. The van der Waals surface area contributed by atoms with Crippen molar-refractivity contribution >= 4 is 0 Å². The van der Waals surface area contributed by atoms with Crippen LogP contribution in [0.3, 0.4) is 0 Å². The molecule has 54 valence electrons. The van der Waals surface area contributed by atoms with Crippen molar-refractivity contribution in [1.29, 1.82) is 0 Å². The summed E-state index contributed by atoms with van der Waals surface area (Å²) >= 11 is 0. The lowest BCUT2D eigenvalue weighted by atomic mass is 10.3. The third-order valence-corrected chi connectivity index (χ3v) is 1.14. The summed E-state index contributed by atoms with van der Waals surface area (Å²) < 4.78 is 28.6. The summed E-state index contributed by atoms with van der Waals surface area (Å²) in [6.45, 7) is 1.76. The molecule has 9 heavy (non-hydrogen) atoms. The molecule has 1 fully saturated rings. The zero-order valence-corrected chi connectivity index (χ0v) is 5.16. The number of alkyl halides is 2. The molecule has 0 bridgehead atoms. The summed E-state index contributed by atoms with van der Waals surface area (Å²) in [6.07, 6.45) is -3.34. The lowest BCUT2D eigenvalue weighted by Crippen LogP contribution is -2.47. The van der Waals surface area contributed by atoms with E-state index in [4.69, 9.17) is 0 Å². The Morgan fingerprint density at radius 1 is 1.67 bits per heavy atom. The van der Waals surface area contributed by atoms with Gasteiger partial charge in [0.1, 0.15) is 0 Å². The van der Waals surface area contributed by atoms with Gasteiger partial charge in [0, 0.05) is 6.54 Å². The van der Waals surface area contributed by atoms with Gasteiger partial charge >= 0.3 is 6.11 Å². The Labute approximate surface area is 52.2 Å². The summed E-state index contributed by atoms with van der Waals surface area (Å²) in [6, 6.07) is 0. The molecule has 0 aromatic carbocycles. The molecule has 0 aromatic heterocycles. The van der Waals surface area contributed by atoms with Gasteiger partial charge in [-0.3, -0.25) is 0 Å². The van der Waals surface area contributed by atoms with Crippen molar-refractivity contribution in [3.63, 3.8) is 0 Å². The first-order chi connectivity index (χ1) is 4.10. The van der Waals surface area contributed by atoms with E-state index >= 15 is 0 Å². The summed E-state index contributed by atoms with van der Waals surface area (Å²) in [7, 11) is 0. The average Bonchev–Trinajstić information content (AvgIpc) is 1.60. The van der Waals surface area contributed by atoms with E-state index in [-0.39, 0.29) is 12.6 Å². The molecule has 1 atom stereocenters. The molecular formula is C5H9F2NO. The third-order valence-electron chi connectivity index (χ3n) is 1.14. The van der Waals surface area contributed by atoms with Crippen LogP contribution in [-0.4, -0.2) is 25.3 Å². The van der Waals surface area contributed by atoms with Gasteiger partial charge in [-0.2, -0.15) is 8.78 Å². The Hall–Kier alpha value is -0.220. The fraction of sp³-hybridized carbons (Fsp3) is 1.00. The van der Waals surface area contributed by atoms with Crippen molar-refractivity contribution in [2.75, 3.05) is 13.1 Å². The lowest BCUT2D eigenvalue weighted by molar-refractivity contribution is -0.269. The van der Waals surface area contributed by atoms with Crippen LogP contribution in [0.2, 0.25) is 0 Å². The van der Waals surface area contributed by atoms with Gasteiger partial charge in [0.15, 0.2) is 0 Å². The molecular weight excluding hydrogens is 128 g/mol. The molecule has 1 rings (SSSR count). The van der Waals surface area contributed by atoms with E-state index in [1.54, 1.807) is 6.92 Å². The van der Waals surface area contributed by atoms with Gasteiger partial charge in [-0.15, -0.1) is 0 Å². The minimum atomic E-state index is -2.96. The van der Waals surface area contributed by atoms with Crippen molar-refractivity contribution < 1.29 is 13.5 Å². The van der Waals surface area contributed by atoms with Crippen molar-refractivity contribution in [3.8, 4) is 0 Å². The normalized spacial score (nSPS) is 34.3. The number of hydrogen-bond donors (Lipinski definition) is 1. The largest absolute Gasteiger partial charge is 0.368 e. The Balaban J connectivity index is 2.41. The van der Waals surface area contributed by atoms with Crippen LogP contribution in [-0.2, 0) is 4.74 Å². The summed E-state index contributed by atoms with van der Waals surface area (Å²) in [4.78, 5) is 0. The van der Waals surface area contributed by atoms with Crippen molar-refractivity contribution in [2.24, 2.45) is 0 Å². The molecule has 4 heteroatoms. The van der Waals surface area contributed by atoms with Crippen LogP contribution in [0, 0.1) is 0 Å². The Kier molecular flexibility index (Phi) is 1.68. The minimum absolute atomic E-state index is 0.364. The zero-order chi connectivity index (χ0) is 6.91. The highest BCUT2D eigenvalue weighted by molar-refractivity contribution is 4.69. The van der Waals surface area contributed by atoms with Gasteiger partial charge in [0.2, 0.25) is 0 Å². The smallest absolute Gasteiger partial charge is 0.315 e. The molecule has 0 saturated carbocycles. The van der Waals surface area contributed by atoms with Gasteiger partial charge in [-0.1, -0.05) is 0 Å². The summed E-state index contributed by atoms with van der Waals surface area (Å²) in [5, 5.41) is 2.55. The van der Waals surface area contributed by atoms with Crippen LogP contribution in [0.1, 0.15) is 6.92 Å². The van der Waals surface area contributed by atoms with Crippen LogP contribution < -0.4 is 5.32 Å². The molecule has 1 aliphatic rings. The Morgan fingerprint density at radius 3 is 2.67 bits per heavy atom. The summed E-state index contributed by atoms with van der Waals surface area (Å²) in [5.41, 5.74) is 0. The number of morpholine rings is 1. The van der Waals surface area contributed by atoms with Crippen molar-refractivity contribution in [1.82, 2.24) is 5.32 Å². The average molecular weight is 137 g/mol. The van der Waals surface area contributed by atoms with Gasteiger partial charge in [0.05, 0.1) is 12.6 Å². The molecule has 0 spiro atoms. The van der Waals surface area contributed by atoms with Crippen LogP contribution in [0.25, 0.3) is 0 Å². The number of halogens is 2. The quantitative estimate of drug-likeness (QED) is 0.527. The number of ether oxygens (including phenoxy) is 1. The van der Waals surface area contributed by atoms with E-state index < -0.39 is 6.11 Å². The predicted molar refractivity (Wildman–Crippen MR) is 28.4 cm³/mol. The second kappa shape index (κ2) is 2.19. The number of hydrogen-bond acceptors (Lipinski definition) is 2. The fourth-order valence-electron chi connectivity index (χ4n) is 0.799.